The molecule has 0 aromatic carbocycles. The molecule has 0 spiro atoms. The molecule has 3 aliphatic rings. The third-order valence-electron chi connectivity index (χ3n) is 7.34. The Morgan fingerprint density at radius 1 is 1.10 bits per heavy atom. The second-order valence-corrected chi connectivity index (χ2v) is 9.77. The van der Waals surface area contributed by atoms with Crippen molar-refractivity contribution in [2.24, 2.45) is 0 Å². The summed E-state index contributed by atoms with van der Waals surface area (Å²) >= 11 is 0. The van der Waals surface area contributed by atoms with E-state index in [9.17, 15) is 19.2 Å². The molecule has 12 nitrogen and oxygen atoms in total. The number of hydrogen-bond acceptors (Lipinski definition) is 9. The van der Waals surface area contributed by atoms with E-state index in [1.165, 1.54) is 6.42 Å². The molecule has 12 heteroatoms. The maximum absolute atomic E-state index is 11.8. The summed E-state index contributed by atoms with van der Waals surface area (Å²) in [7, 11) is 1.61. The molecule has 2 fully saturated rings. The maximum atomic E-state index is 11.8. The minimum atomic E-state index is -1.26. The van der Waals surface area contributed by atoms with Crippen molar-refractivity contribution in [2.75, 3.05) is 30.4 Å². The van der Waals surface area contributed by atoms with E-state index in [1.54, 1.807) is 13.1 Å². The van der Waals surface area contributed by atoms with Crippen LogP contribution in [0.2, 0.25) is 0 Å². The molecule has 2 aromatic heterocycles. The Balaban J connectivity index is 0.000000426. The van der Waals surface area contributed by atoms with E-state index in [1.807, 2.05) is 37.4 Å². The van der Waals surface area contributed by atoms with Gasteiger partial charge in [0.25, 0.3) is 5.91 Å². The van der Waals surface area contributed by atoms with Gasteiger partial charge in [-0.25, -0.2) is 19.4 Å². The van der Waals surface area contributed by atoms with Crippen LogP contribution in [0.3, 0.4) is 0 Å². The molecule has 2 aliphatic heterocycles. The molecular formula is C29H32N6O6. The molecule has 1 aliphatic carbocycles. The smallest absolute Gasteiger partial charge is 0.328 e. The third-order valence-corrected chi connectivity index (χ3v) is 7.34. The number of carboxylic acid groups (broad SMARTS) is 2. The average Bonchev–Trinajstić information content (AvgIpc) is 2.96. The summed E-state index contributed by atoms with van der Waals surface area (Å²) in [6.45, 7) is 4.71. The first-order chi connectivity index (χ1) is 19.7. The van der Waals surface area contributed by atoms with Crippen LogP contribution in [0.25, 0.3) is 6.08 Å². The lowest BCUT2D eigenvalue weighted by atomic mass is 9.81. The van der Waals surface area contributed by atoms with E-state index < -0.39 is 11.9 Å². The zero-order chi connectivity index (χ0) is 29.5. The number of aromatic nitrogens is 2. The largest absolute Gasteiger partial charge is 0.478 e. The lowest BCUT2D eigenvalue weighted by Gasteiger charge is -2.54. The third kappa shape index (κ3) is 6.86. The highest BCUT2D eigenvalue weighted by Gasteiger charge is 2.43. The fraction of sp³-hybridized carbons (Fsp3) is 0.345. The fourth-order valence-electron chi connectivity index (χ4n) is 5.18. The van der Waals surface area contributed by atoms with E-state index in [2.05, 4.69) is 36.5 Å². The topological polar surface area (TPSA) is 165 Å². The van der Waals surface area contributed by atoms with Gasteiger partial charge < -0.3 is 25.7 Å². The predicted octanol–water partition coefficient (Wildman–Crippen LogP) is 2.34. The van der Waals surface area contributed by atoms with E-state index in [0.717, 1.165) is 60.7 Å². The van der Waals surface area contributed by atoms with E-state index >= 15 is 0 Å². The number of nitrogens with one attached hydrogen (secondary N) is 2. The second-order valence-electron chi connectivity index (χ2n) is 9.77. The molecule has 1 amide bonds. The molecule has 214 valence electrons. The molecule has 0 radical (unpaired) electrons. The van der Waals surface area contributed by atoms with Crippen molar-refractivity contribution < 1.29 is 29.4 Å². The summed E-state index contributed by atoms with van der Waals surface area (Å²) in [4.78, 5) is 56.2. The Hall–Kier alpha value is -4.80. The summed E-state index contributed by atoms with van der Waals surface area (Å²) in [5.41, 5.74) is 5.82. The Labute approximate surface area is 237 Å². The highest BCUT2D eigenvalue weighted by Crippen LogP contribution is 2.37. The van der Waals surface area contributed by atoms with Crippen LogP contribution in [0.15, 0.2) is 54.0 Å². The molecule has 0 bridgehead atoms. The first-order valence-electron chi connectivity index (χ1n) is 13.3. The number of pyridine rings is 2. The minimum Gasteiger partial charge on any atom is -0.478 e. The molecule has 4 N–H and O–H groups in total. The van der Waals surface area contributed by atoms with Gasteiger partial charge in [0.2, 0.25) is 0 Å². The minimum absolute atomic E-state index is 0.168. The highest BCUT2D eigenvalue weighted by molar-refractivity contribution is 5.92. The van der Waals surface area contributed by atoms with Crippen LogP contribution in [0.5, 0.6) is 0 Å². The van der Waals surface area contributed by atoms with Gasteiger partial charge in [-0.1, -0.05) is 6.92 Å². The van der Waals surface area contributed by atoms with Crippen LogP contribution in [0, 0.1) is 0 Å². The van der Waals surface area contributed by atoms with Crippen molar-refractivity contribution in [2.45, 2.75) is 44.8 Å². The zero-order valence-corrected chi connectivity index (χ0v) is 22.8. The molecule has 41 heavy (non-hydrogen) atoms. The first kappa shape index (κ1) is 29.2. The van der Waals surface area contributed by atoms with Crippen LogP contribution in [0.4, 0.5) is 11.4 Å². The van der Waals surface area contributed by atoms with Crippen LogP contribution >= 0.6 is 0 Å². The zero-order valence-electron chi connectivity index (χ0n) is 22.8. The van der Waals surface area contributed by atoms with Gasteiger partial charge in [0.15, 0.2) is 5.94 Å². The molecule has 4 heterocycles. The van der Waals surface area contributed by atoms with Crippen molar-refractivity contribution in [3.8, 4) is 0 Å². The summed E-state index contributed by atoms with van der Waals surface area (Å²) in [6, 6.07) is 6.83. The molecule has 1 saturated heterocycles. The van der Waals surface area contributed by atoms with E-state index in [4.69, 9.17) is 10.2 Å². The van der Waals surface area contributed by atoms with Gasteiger partial charge in [-0.2, -0.15) is 0 Å². The number of carboxylic acids is 2. The van der Waals surface area contributed by atoms with Gasteiger partial charge in [0, 0.05) is 57.1 Å². The SMILES string of the molecule is CCC1=Cc2ncc(CN3CCN(c4ccc(C(=O)NC)nc4)[C@H]4CC[C@H]43)cc2NC1=C=O.O=C(O)/C=C\C(=O)O. The molecule has 2 atom stereocenters. The van der Waals surface area contributed by atoms with E-state index in [-0.39, 0.29) is 5.91 Å². The van der Waals surface area contributed by atoms with Gasteiger partial charge in [-0.15, -0.1) is 0 Å². The normalized spacial score (nSPS) is 19.3. The highest BCUT2D eigenvalue weighted by atomic mass is 16.4. The van der Waals surface area contributed by atoms with Crippen molar-refractivity contribution in [3.63, 3.8) is 0 Å². The Bertz CT molecular complexity index is 1410. The number of nitrogens with zero attached hydrogens (tertiary/aromatic N) is 4. The van der Waals surface area contributed by atoms with Gasteiger partial charge in [0.1, 0.15) is 11.4 Å². The first-order valence-corrected chi connectivity index (χ1v) is 13.3. The van der Waals surface area contributed by atoms with Gasteiger partial charge in [0.05, 0.1) is 23.3 Å². The maximum Gasteiger partial charge on any atom is 0.328 e. The fourth-order valence-corrected chi connectivity index (χ4v) is 5.18. The molecular weight excluding hydrogens is 528 g/mol. The monoisotopic (exact) mass is 560 g/mol. The quantitative estimate of drug-likeness (QED) is 0.290. The molecule has 0 unspecified atom stereocenters. The van der Waals surface area contributed by atoms with Crippen molar-refractivity contribution in [1.29, 1.82) is 0 Å². The average molecular weight is 561 g/mol. The van der Waals surface area contributed by atoms with Crippen LogP contribution < -0.4 is 15.5 Å². The number of anilines is 2. The van der Waals surface area contributed by atoms with Crippen molar-refractivity contribution in [1.82, 2.24) is 20.2 Å². The Morgan fingerprint density at radius 3 is 2.39 bits per heavy atom. The van der Waals surface area contributed by atoms with Gasteiger partial charge in [-0.05, 0) is 54.7 Å². The number of amides is 1. The van der Waals surface area contributed by atoms with Gasteiger partial charge in [-0.3, -0.25) is 14.7 Å². The number of allylic oxidation sites excluding steroid dienone is 1. The molecule has 1 saturated carbocycles. The Kier molecular flexibility index (Phi) is 9.28. The van der Waals surface area contributed by atoms with Crippen LogP contribution in [-0.2, 0) is 20.9 Å². The number of fused-ring (bicyclic) bond motifs is 2. The number of rotatable bonds is 7. The Morgan fingerprint density at radius 2 is 1.83 bits per heavy atom. The number of hydrogen-bond donors (Lipinski definition) is 4. The van der Waals surface area contributed by atoms with Crippen LogP contribution in [-0.4, -0.2) is 81.1 Å². The molecule has 2 aromatic rings. The summed E-state index contributed by atoms with van der Waals surface area (Å²) in [5, 5.41) is 21.4. The molecule has 5 rings (SSSR count). The lowest BCUT2D eigenvalue weighted by Crippen LogP contribution is -2.64. The number of aliphatic carboxylic acids is 2. The standard InChI is InChI=1S/C25H28N6O2.C4H4O4/c1-3-17-11-20-21(29-22(17)15-32)10-16(12-27-20)14-30-8-9-31(24-7-6-23(24)30)18-4-5-19(28-13-18)25(33)26-2;5-3(6)1-2-4(7)8/h4-5,10-13,23-24,29H,3,6-9,14H2,1-2H3,(H,26,33);1-2H,(H,5,6)(H,7,8)/b;2-1-/t23-,24+;/m1./s1. The van der Waals surface area contributed by atoms with Crippen molar-refractivity contribution in [3.05, 3.63) is 71.0 Å². The van der Waals surface area contributed by atoms with Crippen LogP contribution in [0.1, 0.15) is 47.9 Å². The van der Waals surface area contributed by atoms with Gasteiger partial charge >= 0.3 is 11.9 Å². The summed E-state index contributed by atoms with van der Waals surface area (Å²) in [6.07, 6.45) is 9.93. The second kappa shape index (κ2) is 13.0. The number of piperazine rings is 1. The van der Waals surface area contributed by atoms with Crippen molar-refractivity contribution >= 4 is 41.2 Å². The predicted molar refractivity (Wildman–Crippen MR) is 152 cm³/mol. The lowest BCUT2D eigenvalue weighted by molar-refractivity contribution is -0.134. The summed E-state index contributed by atoms with van der Waals surface area (Å²) in [5.74, 6) is -0.664. The van der Waals surface area contributed by atoms with E-state index in [0.29, 0.717) is 35.6 Å². The summed E-state index contributed by atoms with van der Waals surface area (Å²) < 4.78 is 0. The number of carbonyl (C=O) groups excluding carboxylic acids is 2. The number of carbonyl (C=O) groups is 3.